The molecule has 11 heteroatoms. The minimum Gasteiger partial charge on any atom is -0.478 e. The van der Waals surface area contributed by atoms with E-state index in [4.69, 9.17) is 4.74 Å². The van der Waals surface area contributed by atoms with Gasteiger partial charge in [-0.2, -0.15) is 4.98 Å². The van der Waals surface area contributed by atoms with Crippen LogP contribution in [0.4, 0.5) is 11.6 Å². The molecule has 0 spiro atoms. The number of anilines is 2. The topological polar surface area (TPSA) is 122 Å². The molecule has 0 radical (unpaired) electrons. The van der Waals surface area contributed by atoms with E-state index < -0.39 is 0 Å². The summed E-state index contributed by atoms with van der Waals surface area (Å²) in [5, 5.41) is 6.34. The third-order valence-corrected chi connectivity index (χ3v) is 5.55. The highest BCUT2D eigenvalue weighted by atomic mass is 16.5. The molecule has 4 aromatic heterocycles. The van der Waals surface area contributed by atoms with E-state index in [1.54, 1.807) is 29.2 Å². The second-order valence-corrected chi connectivity index (χ2v) is 8.33. The Hall–Kier alpha value is -3.86. The van der Waals surface area contributed by atoms with Crippen molar-refractivity contribution in [3.05, 3.63) is 42.2 Å². The fourth-order valence-corrected chi connectivity index (χ4v) is 4.32. The van der Waals surface area contributed by atoms with Crippen molar-refractivity contribution < 1.29 is 9.53 Å². The number of carbonyl (C=O) groups is 1. The van der Waals surface area contributed by atoms with Crippen LogP contribution in [0, 0.1) is 6.92 Å². The lowest BCUT2D eigenvalue weighted by Gasteiger charge is -2.37. The molecule has 2 unspecified atom stereocenters. The minimum absolute atomic E-state index is 0.313. The average molecular weight is 448 g/mol. The molecule has 33 heavy (non-hydrogen) atoms. The van der Waals surface area contributed by atoms with Crippen LogP contribution in [0.5, 0.6) is 5.88 Å². The number of carbonyl (C=O) groups excluding carboxylic acids is 1. The number of ether oxygens (including phenoxy) is 1. The maximum Gasteiger partial charge on any atom is 0.260 e. The Balaban J connectivity index is 1.50. The van der Waals surface area contributed by atoms with E-state index in [0.717, 1.165) is 24.6 Å². The summed E-state index contributed by atoms with van der Waals surface area (Å²) in [6, 6.07) is 0.626. The Morgan fingerprint density at radius 1 is 1.09 bits per heavy atom. The number of piperazine rings is 1. The molecular weight excluding hydrogens is 422 g/mol. The third-order valence-electron chi connectivity index (χ3n) is 5.55. The van der Waals surface area contributed by atoms with Crippen molar-refractivity contribution in [1.29, 1.82) is 0 Å². The molecule has 2 N–H and O–H groups in total. The summed E-state index contributed by atoms with van der Waals surface area (Å²) in [7, 11) is 1.52. The highest BCUT2D eigenvalue weighted by Gasteiger charge is 2.26. The number of methoxy groups -OCH3 is 1. The van der Waals surface area contributed by atoms with Crippen molar-refractivity contribution in [2.75, 3.05) is 30.4 Å². The molecular formula is C22H25N9O2. The van der Waals surface area contributed by atoms with Gasteiger partial charge in [0.1, 0.15) is 11.0 Å². The van der Waals surface area contributed by atoms with Gasteiger partial charge in [0, 0.05) is 50.0 Å². The molecule has 0 bridgehead atoms. The van der Waals surface area contributed by atoms with Crippen molar-refractivity contribution in [3.63, 3.8) is 0 Å². The Labute approximate surface area is 190 Å². The molecule has 1 aliphatic heterocycles. The fourth-order valence-electron chi connectivity index (χ4n) is 4.32. The zero-order valence-electron chi connectivity index (χ0n) is 18.9. The van der Waals surface area contributed by atoms with Crippen LogP contribution in [0.15, 0.2) is 31.0 Å². The molecule has 4 aromatic rings. The molecule has 5 heterocycles. The lowest BCUT2D eigenvalue weighted by molar-refractivity contribution is 0.102. The summed E-state index contributed by atoms with van der Waals surface area (Å²) in [6.45, 7) is 7.74. The van der Waals surface area contributed by atoms with Crippen LogP contribution in [0.2, 0.25) is 0 Å². The number of imidazole rings is 1. The first-order valence-corrected chi connectivity index (χ1v) is 10.8. The zero-order valence-corrected chi connectivity index (χ0v) is 18.9. The quantitative estimate of drug-likeness (QED) is 0.482. The Morgan fingerprint density at radius 3 is 2.55 bits per heavy atom. The van der Waals surface area contributed by atoms with Crippen molar-refractivity contribution in [3.8, 4) is 5.88 Å². The first kappa shape index (κ1) is 21.0. The van der Waals surface area contributed by atoms with Crippen LogP contribution < -0.4 is 20.3 Å². The Morgan fingerprint density at radius 2 is 1.82 bits per heavy atom. The normalized spacial score (nSPS) is 18.6. The molecule has 0 saturated carbocycles. The largest absolute Gasteiger partial charge is 0.478 e. The van der Waals surface area contributed by atoms with Gasteiger partial charge in [0.05, 0.1) is 24.6 Å². The van der Waals surface area contributed by atoms with E-state index in [9.17, 15) is 4.79 Å². The number of hydrogen-bond acceptors (Lipinski definition) is 9. The van der Waals surface area contributed by atoms with Gasteiger partial charge in [-0.15, -0.1) is 0 Å². The Bertz CT molecular complexity index is 1340. The van der Waals surface area contributed by atoms with Gasteiger partial charge in [-0.05, 0) is 20.8 Å². The van der Waals surface area contributed by atoms with Gasteiger partial charge in [-0.1, -0.05) is 0 Å². The second kappa shape index (κ2) is 8.24. The number of nitrogens with zero attached hydrogens (tertiary/aromatic N) is 7. The number of aryl methyl sites for hydroxylation is 1. The van der Waals surface area contributed by atoms with Crippen LogP contribution in [0.25, 0.3) is 16.7 Å². The molecule has 0 aliphatic carbocycles. The SMILES string of the molecule is COc1nc(NC(=O)c2cnc(N3CC(C)NC(C)C3)c3nccnc23)cn2cc(C)nc12. The van der Waals surface area contributed by atoms with Crippen LogP contribution in [-0.2, 0) is 0 Å². The number of rotatable bonds is 4. The molecule has 1 fully saturated rings. The van der Waals surface area contributed by atoms with E-state index >= 15 is 0 Å². The van der Waals surface area contributed by atoms with Crippen molar-refractivity contribution in [2.24, 2.45) is 0 Å². The number of hydrogen-bond donors (Lipinski definition) is 2. The second-order valence-electron chi connectivity index (χ2n) is 8.33. The van der Waals surface area contributed by atoms with E-state index in [1.807, 2.05) is 13.1 Å². The first-order chi connectivity index (χ1) is 15.9. The van der Waals surface area contributed by atoms with Gasteiger partial charge in [0.15, 0.2) is 11.6 Å². The van der Waals surface area contributed by atoms with Crippen LogP contribution in [0.1, 0.15) is 29.9 Å². The summed E-state index contributed by atoms with van der Waals surface area (Å²) in [5.41, 5.74) is 2.80. The lowest BCUT2D eigenvalue weighted by atomic mass is 10.1. The third kappa shape index (κ3) is 3.91. The first-order valence-electron chi connectivity index (χ1n) is 10.8. The van der Waals surface area contributed by atoms with E-state index in [1.165, 1.54) is 7.11 Å². The lowest BCUT2D eigenvalue weighted by Crippen LogP contribution is -2.54. The van der Waals surface area contributed by atoms with Gasteiger partial charge >= 0.3 is 0 Å². The van der Waals surface area contributed by atoms with Crippen LogP contribution in [-0.4, -0.2) is 67.5 Å². The molecule has 11 nitrogen and oxygen atoms in total. The minimum atomic E-state index is -0.382. The summed E-state index contributed by atoms with van der Waals surface area (Å²) in [6.07, 6.45) is 8.27. The standard InChI is InChI=1S/C22H25N9O2/c1-12-8-30(9-13(2)26-12)19-18-17(23-5-6-24-18)15(7-25-19)21(32)28-16-11-31-10-14(3)27-20(31)22(29-16)33-4/h5-7,10-13,26H,8-9H2,1-4H3,(H,28,32). The van der Waals surface area contributed by atoms with Gasteiger partial charge in [0.2, 0.25) is 5.65 Å². The van der Waals surface area contributed by atoms with Crippen LogP contribution >= 0.6 is 0 Å². The zero-order chi connectivity index (χ0) is 23.1. The molecule has 0 aromatic carbocycles. The van der Waals surface area contributed by atoms with Gasteiger partial charge in [0.25, 0.3) is 11.8 Å². The van der Waals surface area contributed by atoms with E-state index in [0.29, 0.717) is 46.0 Å². The van der Waals surface area contributed by atoms with Crippen molar-refractivity contribution >= 4 is 34.2 Å². The van der Waals surface area contributed by atoms with Crippen molar-refractivity contribution in [2.45, 2.75) is 32.9 Å². The van der Waals surface area contributed by atoms with Gasteiger partial charge in [-0.3, -0.25) is 14.2 Å². The summed E-state index contributed by atoms with van der Waals surface area (Å²) >= 11 is 0. The van der Waals surface area contributed by atoms with E-state index in [2.05, 4.69) is 54.3 Å². The molecule has 1 amide bonds. The van der Waals surface area contributed by atoms with Gasteiger partial charge < -0.3 is 20.3 Å². The molecule has 2 atom stereocenters. The molecule has 170 valence electrons. The monoisotopic (exact) mass is 447 g/mol. The number of pyridine rings is 1. The average Bonchev–Trinajstić information content (AvgIpc) is 3.17. The molecule has 1 aliphatic rings. The smallest absolute Gasteiger partial charge is 0.260 e. The maximum atomic E-state index is 13.2. The highest BCUT2D eigenvalue weighted by molar-refractivity contribution is 6.12. The van der Waals surface area contributed by atoms with Gasteiger partial charge in [-0.25, -0.2) is 15.0 Å². The van der Waals surface area contributed by atoms with Crippen LogP contribution in [0.3, 0.4) is 0 Å². The maximum absolute atomic E-state index is 13.2. The predicted octanol–water partition coefficient (Wildman–Crippen LogP) is 1.82. The summed E-state index contributed by atoms with van der Waals surface area (Å²) < 4.78 is 7.11. The molecule has 5 rings (SSSR count). The predicted molar refractivity (Wildman–Crippen MR) is 124 cm³/mol. The number of nitrogens with one attached hydrogen (secondary N) is 2. The number of aromatic nitrogens is 6. The number of amides is 1. The van der Waals surface area contributed by atoms with Crippen molar-refractivity contribution in [1.82, 2.24) is 34.6 Å². The fraction of sp³-hybridized carbons (Fsp3) is 0.364. The summed E-state index contributed by atoms with van der Waals surface area (Å²) in [4.78, 5) is 37.8. The number of fused-ring (bicyclic) bond motifs is 2. The molecule has 1 saturated heterocycles. The highest BCUT2D eigenvalue weighted by Crippen LogP contribution is 2.26. The summed E-state index contributed by atoms with van der Waals surface area (Å²) in [5.74, 6) is 0.992. The Kier molecular flexibility index (Phi) is 5.25. The van der Waals surface area contributed by atoms with E-state index in [-0.39, 0.29) is 5.91 Å².